The molecule has 0 aromatic carbocycles. The summed E-state index contributed by atoms with van der Waals surface area (Å²) in [6, 6.07) is 2.50. The zero-order chi connectivity index (χ0) is 11.6. The van der Waals surface area contributed by atoms with Gasteiger partial charge in [-0.2, -0.15) is 13.2 Å². The Morgan fingerprint density at radius 3 is 2.69 bits per heavy atom. The summed E-state index contributed by atoms with van der Waals surface area (Å²) in [6.45, 7) is 1.25. The van der Waals surface area contributed by atoms with Crippen LogP contribution in [0.2, 0.25) is 0 Å². The molecule has 3 nitrogen and oxygen atoms in total. The summed E-state index contributed by atoms with van der Waals surface area (Å²) in [5.74, 6) is 0.448. The van der Waals surface area contributed by atoms with Crippen LogP contribution in [0.15, 0.2) is 18.3 Å². The van der Waals surface area contributed by atoms with Crippen molar-refractivity contribution in [3.8, 4) is 0 Å². The van der Waals surface area contributed by atoms with E-state index in [1.54, 1.807) is 0 Å². The number of nitrogens with zero attached hydrogens (tertiary/aromatic N) is 1. The van der Waals surface area contributed by atoms with Gasteiger partial charge in [0.25, 0.3) is 0 Å². The van der Waals surface area contributed by atoms with E-state index >= 15 is 0 Å². The van der Waals surface area contributed by atoms with Gasteiger partial charge in [-0.15, -0.1) is 0 Å². The van der Waals surface area contributed by atoms with Crippen molar-refractivity contribution in [1.29, 1.82) is 0 Å². The molecule has 6 heteroatoms. The van der Waals surface area contributed by atoms with E-state index in [2.05, 4.69) is 10.3 Å². The van der Waals surface area contributed by atoms with Crippen LogP contribution < -0.4 is 5.32 Å². The maximum Gasteiger partial charge on any atom is 0.417 e. The number of ether oxygens (including phenoxy) is 1. The largest absolute Gasteiger partial charge is 0.417 e. The molecular weight excluding hydrogens is 221 g/mol. The number of halogens is 3. The molecule has 1 unspecified atom stereocenters. The lowest BCUT2D eigenvalue weighted by atomic mass is 10.2. The molecular formula is C10H11F3N2O. The van der Waals surface area contributed by atoms with E-state index in [0.717, 1.165) is 18.7 Å². The predicted octanol–water partition coefficient (Wildman–Crippen LogP) is 2.30. The lowest BCUT2D eigenvalue weighted by Crippen LogP contribution is -2.19. The number of anilines is 1. The Hall–Kier alpha value is -1.30. The highest BCUT2D eigenvalue weighted by Crippen LogP contribution is 2.29. The van der Waals surface area contributed by atoms with Crippen molar-refractivity contribution >= 4 is 5.82 Å². The molecule has 1 N–H and O–H groups in total. The van der Waals surface area contributed by atoms with Crippen molar-refractivity contribution in [2.75, 3.05) is 18.5 Å². The summed E-state index contributed by atoms with van der Waals surface area (Å²) in [4.78, 5) is 3.72. The van der Waals surface area contributed by atoms with Crippen molar-refractivity contribution in [3.63, 3.8) is 0 Å². The monoisotopic (exact) mass is 232 g/mol. The fourth-order valence-electron chi connectivity index (χ4n) is 1.50. The summed E-state index contributed by atoms with van der Waals surface area (Å²) in [6.07, 6.45) is -2.65. The van der Waals surface area contributed by atoms with Crippen molar-refractivity contribution in [1.82, 2.24) is 4.98 Å². The van der Waals surface area contributed by atoms with E-state index in [9.17, 15) is 13.2 Å². The van der Waals surface area contributed by atoms with Gasteiger partial charge >= 0.3 is 6.18 Å². The molecule has 0 spiro atoms. The first kappa shape index (κ1) is 11.2. The van der Waals surface area contributed by atoms with Gasteiger partial charge in [-0.1, -0.05) is 0 Å². The first-order chi connectivity index (χ1) is 7.55. The number of pyridine rings is 1. The van der Waals surface area contributed by atoms with Crippen molar-refractivity contribution < 1.29 is 17.9 Å². The second-order valence-electron chi connectivity index (χ2n) is 3.63. The zero-order valence-electron chi connectivity index (χ0n) is 8.42. The number of rotatable bonds is 2. The van der Waals surface area contributed by atoms with E-state index in [0.29, 0.717) is 19.0 Å². The standard InChI is InChI=1S/C10H11F3N2O/c11-10(12,13)7-1-2-9(14-5-7)15-8-3-4-16-6-8/h1-2,5,8H,3-4,6H2,(H,14,15). The second kappa shape index (κ2) is 4.29. The van der Waals surface area contributed by atoms with E-state index in [1.807, 2.05) is 0 Å². The Kier molecular flexibility index (Phi) is 3.00. The Balaban J connectivity index is 2.01. The topological polar surface area (TPSA) is 34.1 Å². The van der Waals surface area contributed by atoms with E-state index in [1.165, 1.54) is 6.07 Å². The molecule has 1 aromatic heterocycles. The second-order valence-corrected chi connectivity index (χ2v) is 3.63. The van der Waals surface area contributed by atoms with Crippen LogP contribution in [0.1, 0.15) is 12.0 Å². The SMILES string of the molecule is FC(F)(F)c1ccc(NC2CCOC2)nc1. The Labute approximate surface area is 90.6 Å². The number of aromatic nitrogens is 1. The highest BCUT2D eigenvalue weighted by molar-refractivity contribution is 5.37. The van der Waals surface area contributed by atoms with Gasteiger partial charge in [-0.3, -0.25) is 0 Å². The minimum Gasteiger partial charge on any atom is -0.379 e. The fraction of sp³-hybridized carbons (Fsp3) is 0.500. The van der Waals surface area contributed by atoms with Gasteiger partial charge in [-0.25, -0.2) is 4.98 Å². The molecule has 1 fully saturated rings. The van der Waals surface area contributed by atoms with Crippen molar-refractivity contribution in [2.24, 2.45) is 0 Å². The summed E-state index contributed by atoms with van der Waals surface area (Å²) >= 11 is 0. The average molecular weight is 232 g/mol. The third kappa shape index (κ3) is 2.63. The zero-order valence-corrected chi connectivity index (χ0v) is 8.42. The van der Waals surface area contributed by atoms with Gasteiger partial charge in [0.05, 0.1) is 18.2 Å². The molecule has 88 valence electrons. The molecule has 0 amide bonds. The molecule has 0 saturated carbocycles. The first-order valence-corrected chi connectivity index (χ1v) is 4.93. The maximum atomic E-state index is 12.2. The third-order valence-corrected chi connectivity index (χ3v) is 2.37. The molecule has 1 aliphatic heterocycles. The van der Waals surface area contributed by atoms with E-state index in [-0.39, 0.29) is 6.04 Å². The summed E-state index contributed by atoms with van der Waals surface area (Å²) in [5.41, 5.74) is -0.735. The number of alkyl halides is 3. The van der Waals surface area contributed by atoms with E-state index in [4.69, 9.17) is 4.74 Å². The van der Waals surface area contributed by atoms with Crippen LogP contribution in [0.3, 0.4) is 0 Å². The lowest BCUT2D eigenvalue weighted by molar-refractivity contribution is -0.137. The van der Waals surface area contributed by atoms with Crippen LogP contribution in [0.4, 0.5) is 19.0 Å². The fourth-order valence-corrected chi connectivity index (χ4v) is 1.50. The lowest BCUT2D eigenvalue weighted by Gasteiger charge is -2.12. The average Bonchev–Trinajstić information content (AvgIpc) is 2.70. The van der Waals surface area contributed by atoms with E-state index < -0.39 is 11.7 Å². The number of nitrogens with one attached hydrogen (secondary N) is 1. The van der Waals surface area contributed by atoms with Gasteiger partial charge < -0.3 is 10.1 Å². The molecule has 0 bridgehead atoms. The highest BCUT2D eigenvalue weighted by Gasteiger charge is 2.30. The molecule has 0 radical (unpaired) electrons. The normalized spacial score (nSPS) is 21.1. The predicted molar refractivity (Wildman–Crippen MR) is 52.1 cm³/mol. The first-order valence-electron chi connectivity index (χ1n) is 4.93. The van der Waals surface area contributed by atoms with Crippen LogP contribution in [-0.2, 0) is 10.9 Å². The number of hydrogen-bond acceptors (Lipinski definition) is 3. The third-order valence-electron chi connectivity index (χ3n) is 2.37. The minimum atomic E-state index is -4.33. The molecule has 0 aliphatic carbocycles. The minimum absolute atomic E-state index is 0.143. The molecule has 2 rings (SSSR count). The van der Waals surface area contributed by atoms with Crippen LogP contribution in [0.25, 0.3) is 0 Å². The number of hydrogen-bond donors (Lipinski definition) is 1. The van der Waals surface area contributed by atoms with Crippen LogP contribution in [0, 0.1) is 0 Å². The Bertz CT molecular complexity index is 344. The van der Waals surface area contributed by atoms with Crippen molar-refractivity contribution in [2.45, 2.75) is 18.6 Å². The molecule has 2 heterocycles. The van der Waals surface area contributed by atoms with Gasteiger partial charge in [0.1, 0.15) is 5.82 Å². The highest BCUT2D eigenvalue weighted by atomic mass is 19.4. The van der Waals surface area contributed by atoms with Gasteiger partial charge in [0.15, 0.2) is 0 Å². The summed E-state index contributed by atoms with van der Waals surface area (Å²) in [7, 11) is 0. The molecule has 16 heavy (non-hydrogen) atoms. The Morgan fingerprint density at radius 1 is 1.38 bits per heavy atom. The van der Waals surface area contributed by atoms with Gasteiger partial charge in [0, 0.05) is 12.8 Å². The smallest absolute Gasteiger partial charge is 0.379 e. The quantitative estimate of drug-likeness (QED) is 0.849. The summed E-state index contributed by atoms with van der Waals surface area (Å²) < 4.78 is 41.9. The molecule has 1 aliphatic rings. The molecule has 1 atom stereocenters. The van der Waals surface area contributed by atoms with Gasteiger partial charge in [-0.05, 0) is 18.6 Å². The van der Waals surface area contributed by atoms with Gasteiger partial charge in [0.2, 0.25) is 0 Å². The molecule has 1 aromatic rings. The molecule has 1 saturated heterocycles. The van der Waals surface area contributed by atoms with Crippen LogP contribution in [0.5, 0.6) is 0 Å². The van der Waals surface area contributed by atoms with Crippen LogP contribution in [-0.4, -0.2) is 24.2 Å². The summed E-state index contributed by atoms with van der Waals surface area (Å²) in [5, 5.41) is 3.02. The van der Waals surface area contributed by atoms with Crippen LogP contribution >= 0.6 is 0 Å². The Morgan fingerprint density at radius 2 is 2.19 bits per heavy atom. The van der Waals surface area contributed by atoms with Crippen molar-refractivity contribution in [3.05, 3.63) is 23.9 Å². The maximum absolute atomic E-state index is 12.2.